The Morgan fingerprint density at radius 2 is 1.94 bits per heavy atom. The smallest absolute Gasteiger partial charge is 0.241 e. The third kappa shape index (κ3) is 3.45. The maximum Gasteiger partial charge on any atom is 0.241 e. The second kappa shape index (κ2) is 7.10. The Labute approximate surface area is 112 Å². The van der Waals surface area contributed by atoms with Gasteiger partial charge in [-0.15, -0.1) is 0 Å². The molecule has 106 valence electrons. The van der Waals surface area contributed by atoms with Crippen LogP contribution in [0.15, 0.2) is 0 Å². The van der Waals surface area contributed by atoms with Gasteiger partial charge in [-0.2, -0.15) is 0 Å². The van der Waals surface area contributed by atoms with E-state index in [-0.39, 0.29) is 24.2 Å². The first-order valence-electron chi connectivity index (χ1n) is 7.35. The first kappa shape index (κ1) is 15.4. The Bertz CT molecular complexity index is 266. The summed E-state index contributed by atoms with van der Waals surface area (Å²) in [6, 6.07) is 0.311. The van der Waals surface area contributed by atoms with Crippen LogP contribution in [0.2, 0.25) is 0 Å². The highest BCUT2D eigenvalue weighted by Gasteiger charge is 2.38. The Balaban J connectivity index is 2.61. The molecule has 1 aliphatic rings. The lowest BCUT2D eigenvalue weighted by atomic mass is 10.1. The van der Waals surface area contributed by atoms with E-state index in [1.165, 1.54) is 0 Å². The number of nitrogens with zero attached hydrogens (tertiary/aromatic N) is 2. The van der Waals surface area contributed by atoms with Crippen molar-refractivity contribution in [3.63, 3.8) is 0 Å². The van der Waals surface area contributed by atoms with Gasteiger partial charge in [0.1, 0.15) is 0 Å². The fraction of sp³-hybridized carbons (Fsp3) is 0.929. The summed E-state index contributed by atoms with van der Waals surface area (Å²) < 4.78 is 0. The van der Waals surface area contributed by atoms with Gasteiger partial charge in [-0.3, -0.25) is 10.1 Å². The van der Waals surface area contributed by atoms with Crippen LogP contribution in [-0.4, -0.2) is 53.6 Å². The zero-order valence-corrected chi connectivity index (χ0v) is 12.6. The fourth-order valence-corrected chi connectivity index (χ4v) is 2.85. The van der Waals surface area contributed by atoms with E-state index in [0.717, 1.165) is 32.5 Å². The lowest BCUT2D eigenvalue weighted by Gasteiger charge is -2.32. The van der Waals surface area contributed by atoms with E-state index >= 15 is 0 Å². The van der Waals surface area contributed by atoms with Gasteiger partial charge in [-0.25, -0.2) is 0 Å². The van der Waals surface area contributed by atoms with Gasteiger partial charge in [0.2, 0.25) is 5.91 Å². The van der Waals surface area contributed by atoms with Crippen LogP contribution in [0.4, 0.5) is 0 Å². The van der Waals surface area contributed by atoms with Crippen LogP contribution in [-0.2, 0) is 4.79 Å². The third-order valence-electron chi connectivity index (χ3n) is 3.88. The van der Waals surface area contributed by atoms with Crippen molar-refractivity contribution in [3.05, 3.63) is 0 Å². The molecule has 0 aliphatic carbocycles. The molecule has 0 saturated carbocycles. The molecule has 1 N–H and O–H groups in total. The van der Waals surface area contributed by atoms with E-state index in [0.29, 0.717) is 0 Å². The Hall–Kier alpha value is -0.610. The standard InChI is InChI=1S/C14H29N3O/c1-6-9-13-14(18)17(12(5)15-13)11(4)10-16(7-2)8-3/h11-13,15H,6-10H2,1-5H3. The number of rotatable bonds is 7. The van der Waals surface area contributed by atoms with Crippen molar-refractivity contribution in [2.24, 2.45) is 0 Å². The summed E-state index contributed by atoms with van der Waals surface area (Å²) in [6.07, 6.45) is 2.16. The predicted octanol–water partition coefficient (Wildman–Crippen LogP) is 1.66. The van der Waals surface area contributed by atoms with Gasteiger partial charge in [0, 0.05) is 12.6 Å². The van der Waals surface area contributed by atoms with Crippen molar-refractivity contribution in [2.75, 3.05) is 19.6 Å². The highest BCUT2D eigenvalue weighted by atomic mass is 16.2. The normalized spacial score (nSPS) is 26.1. The highest BCUT2D eigenvalue weighted by molar-refractivity contribution is 5.84. The van der Waals surface area contributed by atoms with Crippen molar-refractivity contribution in [1.82, 2.24) is 15.1 Å². The Morgan fingerprint density at radius 3 is 2.44 bits per heavy atom. The van der Waals surface area contributed by atoms with Gasteiger partial charge in [0.05, 0.1) is 12.2 Å². The molecule has 0 spiro atoms. The van der Waals surface area contributed by atoms with Crippen molar-refractivity contribution in [2.45, 2.75) is 65.7 Å². The molecule has 3 atom stereocenters. The molecule has 1 amide bonds. The predicted molar refractivity (Wildman–Crippen MR) is 75.4 cm³/mol. The van der Waals surface area contributed by atoms with E-state index in [2.05, 4.69) is 44.8 Å². The molecule has 0 aromatic heterocycles. The molecule has 1 saturated heterocycles. The van der Waals surface area contributed by atoms with Crippen molar-refractivity contribution in [1.29, 1.82) is 0 Å². The van der Waals surface area contributed by atoms with Gasteiger partial charge in [0.25, 0.3) is 0 Å². The molecule has 4 heteroatoms. The maximum absolute atomic E-state index is 12.4. The zero-order valence-electron chi connectivity index (χ0n) is 12.6. The summed E-state index contributed by atoms with van der Waals surface area (Å²) >= 11 is 0. The van der Waals surface area contributed by atoms with Crippen molar-refractivity contribution in [3.8, 4) is 0 Å². The van der Waals surface area contributed by atoms with Crippen molar-refractivity contribution >= 4 is 5.91 Å². The molecule has 1 rings (SSSR count). The molecule has 4 nitrogen and oxygen atoms in total. The van der Waals surface area contributed by atoms with E-state index in [4.69, 9.17) is 0 Å². The number of carbonyl (C=O) groups is 1. The van der Waals surface area contributed by atoms with Crippen LogP contribution in [0, 0.1) is 0 Å². The van der Waals surface area contributed by atoms with Gasteiger partial charge in [0.15, 0.2) is 0 Å². The molecule has 0 bridgehead atoms. The first-order valence-corrected chi connectivity index (χ1v) is 7.35. The Morgan fingerprint density at radius 1 is 1.33 bits per heavy atom. The van der Waals surface area contributed by atoms with Gasteiger partial charge >= 0.3 is 0 Å². The number of hydrogen-bond acceptors (Lipinski definition) is 3. The van der Waals surface area contributed by atoms with E-state index < -0.39 is 0 Å². The number of amides is 1. The quantitative estimate of drug-likeness (QED) is 0.751. The average molecular weight is 255 g/mol. The van der Waals surface area contributed by atoms with Crippen LogP contribution in [0.3, 0.4) is 0 Å². The van der Waals surface area contributed by atoms with Gasteiger partial charge in [-0.1, -0.05) is 27.2 Å². The molecule has 1 fully saturated rings. The molecule has 3 unspecified atom stereocenters. The van der Waals surface area contributed by atoms with Gasteiger partial charge < -0.3 is 9.80 Å². The van der Waals surface area contributed by atoms with E-state index in [1.807, 2.05) is 4.90 Å². The lowest BCUT2D eigenvalue weighted by Crippen LogP contribution is -2.47. The molecular weight excluding hydrogens is 226 g/mol. The highest BCUT2D eigenvalue weighted by Crippen LogP contribution is 2.18. The molecular formula is C14H29N3O. The van der Waals surface area contributed by atoms with Crippen LogP contribution in [0.1, 0.15) is 47.5 Å². The summed E-state index contributed by atoms with van der Waals surface area (Å²) in [5.41, 5.74) is 0. The molecule has 1 aliphatic heterocycles. The summed E-state index contributed by atoms with van der Waals surface area (Å²) in [4.78, 5) is 16.7. The number of likely N-dealkylation sites (N-methyl/N-ethyl adjacent to an activating group) is 1. The molecule has 0 radical (unpaired) electrons. The van der Waals surface area contributed by atoms with Crippen LogP contribution < -0.4 is 5.32 Å². The minimum Gasteiger partial charge on any atom is -0.322 e. The largest absolute Gasteiger partial charge is 0.322 e. The zero-order chi connectivity index (χ0) is 13.7. The second-order valence-electron chi connectivity index (χ2n) is 5.26. The first-order chi connectivity index (χ1) is 8.54. The summed E-state index contributed by atoms with van der Waals surface area (Å²) in [6.45, 7) is 13.8. The average Bonchev–Trinajstić information content (AvgIpc) is 2.62. The van der Waals surface area contributed by atoms with E-state index in [1.54, 1.807) is 0 Å². The van der Waals surface area contributed by atoms with Crippen LogP contribution in [0.5, 0.6) is 0 Å². The topological polar surface area (TPSA) is 35.6 Å². The minimum absolute atomic E-state index is 0.0316. The molecule has 1 heterocycles. The SMILES string of the molecule is CCCC1NC(C)N(C(C)CN(CC)CC)C1=O. The number of carbonyl (C=O) groups excluding carboxylic acids is 1. The molecule has 0 aromatic rings. The minimum atomic E-state index is 0.0316. The number of hydrogen-bond donors (Lipinski definition) is 1. The van der Waals surface area contributed by atoms with E-state index in [9.17, 15) is 4.79 Å². The fourth-order valence-electron chi connectivity index (χ4n) is 2.85. The molecule has 18 heavy (non-hydrogen) atoms. The molecule has 0 aromatic carbocycles. The summed E-state index contributed by atoms with van der Waals surface area (Å²) in [5, 5.41) is 3.40. The summed E-state index contributed by atoms with van der Waals surface area (Å²) in [5.74, 6) is 0.281. The van der Waals surface area contributed by atoms with Crippen LogP contribution in [0.25, 0.3) is 0 Å². The number of nitrogens with one attached hydrogen (secondary N) is 1. The summed E-state index contributed by atoms with van der Waals surface area (Å²) in [7, 11) is 0. The van der Waals surface area contributed by atoms with Crippen LogP contribution >= 0.6 is 0 Å². The van der Waals surface area contributed by atoms with Crippen molar-refractivity contribution < 1.29 is 4.79 Å². The Kier molecular flexibility index (Phi) is 6.09. The maximum atomic E-state index is 12.4. The second-order valence-corrected chi connectivity index (χ2v) is 5.26. The van der Waals surface area contributed by atoms with Gasteiger partial charge in [-0.05, 0) is 33.4 Å². The monoisotopic (exact) mass is 255 g/mol. The lowest BCUT2D eigenvalue weighted by molar-refractivity contribution is -0.132. The third-order valence-corrected chi connectivity index (χ3v) is 3.88.